The SMILES string of the molecule is COC(=O)C1CC(O)CN1C(=O)c1ccc(C)c(Cl)c1. The van der Waals surface area contributed by atoms with Crippen LogP contribution in [0.3, 0.4) is 0 Å². The van der Waals surface area contributed by atoms with E-state index in [0.717, 1.165) is 5.56 Å². The van der Waals surface area contributed by atoms with Crippen molar-refractivity contribution in [1.29, 1.82) is 0 Å². The van der Waals surface area contributed by atoms with Crippen molar-refractivity contribution in [2.75, 3.05) is 13.7 Å². The molecular weight excluding hydrogens is 282 g/mol. The van der Waals surface area contributed by atoms with Crippen LogP contribution in [-0.4, -0.2) is 47.7 Å². The van der Waals surface area contributed by atoms with Crippen LogP contribution in [0.5, 0.6) is 0 Å². The van der Waals surface area contributed by atoms with Gasteiger partial charge in [-0.05, 0) is 24.6 Å². The number of halogens is 1. The quantitative estimate of drug-likeness (QED) is 0.838. The minimum atomic E-state index is -0.748. The van der Waals surface area contributed by atoms with Crippen molar-refractivity contribution < 1.29 is 19.4 Å². The number of esters is 1. The minimum Gasteiger partial charge on any atom is -0.467 e. The molecule has 1 aromatic carbocycles. The number of rotatable bonds is 2. The van der Waals surface area contributed by atoms with E-state index in [9.17, 15) is 14.7 Å². The van der Waals surface area contributed by atoms with Crippen LogP contribution in [0, 0.1) is 6.92 Å². The van der Waals surface area contributed by atoms with Gasteiger partial charge in [0.05, 0.1) is 13.2 Å². The lowest BCUT2D eigenvalue weighted by Crippen LogP contribution is -2.41. The van der Waals surface area contributed by atoms with E-state index in [0.29, 0.717) is 10.6 Å². The first-order valence-electron chi connectivity index (χ1n) is 6.27. The molecule has 0 radical (unpaired) electrons. The first-order chi connectivity index (χ1) is 9.43. The van der Waals surface area contributed by atoms with E-state index in [2.05, 4.69) is 4.74 Å². The monoisotopic (exact) mass is 297 g/mol. The van der Waals surface area contributed by atoms with Crippen molar-refractivity contribution in [2.24, 2.45) is 0 Å². The molecule has 1 N–H and O–H groups in total. The van der Waals surface area contributed by atoms with Gasteiger partial charge in [0.15, 0.2) is 0 Å². The molecule has 20 heavy (non-hydrogen) atoms. The third-order valence-corrected chi connectivity index (χ3v) is 3.84. The van der Waals surface area contributed by atoms with Gasteiger partial charge in [0, 0.05) is 23.6 Å². The standard InChI is InChI=1S/C14H16ClNO4/c1-8-3-4-9(5-11(8)15)13(18)16-7-10(17)6-12(16)14(19)20-2/h3-5,10,12,17H,6-7H2,1-2H3. The summed E-state index contributed by atoms with van der Waals surface area (Å²) in [5.41, 5.74) is 1.26. The summed E-state index contributed by atoms with van der Waals surface area (Å²) >= 11 is 6.01. The number of carbonyl (C=O) groups is 2. The Hall–Kier alpha value is -1.59. The predicted molar refractivity (Wildman–Crippen MR) is 73.7 cm³/mol. The summed E-state index contributed by atoms with van der Waals surface area (Å²) in [5.74, 6) is -0.855. The van der Waals surface area contributed by atoms with E-state index in [1.54, 1.807) is 18.2 Å². The molecule has 0 aliphatic carbocycles. The van der Waals surface area contributed by atoms with Crippen molar-refractivity contribution in [3.8, 4) is 0 Å². The van der Waals surface area contributed by atoms with E-state index in [-0.39, 0.29) is 18.9 Å². The number of aliphatic hydroxyl groups is 1. The number of likely N-dealkylation sites (tertiary alicyclic amines) is 1. The first-order valence-corrected chi connectivity index (χ1v) is 6.65. The summed E-state index contributed by atoms with van der Waals surface area (Å²) < 4.78 is 4.67. The lowest BCUT2D eigenvalue weighted by molar-refractivity contribution is -0.145. The van der Waals surface area contributed by atoms with Crippen LogP contribution in [0.25, 0.3) is 0 Å². The van der Waals surface area contributed by atoms with Crippen LogP contribution in [0.15, 0.2) is 18.2 Å². The van der Waals surface area contributed by atoms with Gasteiger partial charge in [0.25, 0.3) is 5.91 Å². The molecular formula is C14H16ClNO4. The lowest BCUT2D eigenvalue weighted by atomic mass is 10.1. The number of aryl methyl sites for hydroxylation is 1. The van der Waals surface area contributed by atoms with Gasteiger partial charge in [-0.3, -0.25) is 4.79 Å². The molecule has 1 aliphatic rings. The Kier molecular flexibility index (Phi) is 4.30. The van der Waals surface area contributed by atoms with Crippen molar-refractivity contribution in [2.45, 2.75) is 25.5 Å². The third-order valence-electron chi connectivity index (χ3n) is 3.43. The Morgan fingerprint density at radius 3 is 2.75 bits per heavy atom. The number of benzene rings is 1. The topological polar surface area (TPSA) is 66.8 Å². The second-order valence-electron chi connectivity index (χ2n) is 4.85. The van der Waals surface area contributed by atoms with E-state index in [1.807, 2.05) is 6.92 Å². The van der Waals surface area contributed by atoms with Crippen molar-refractivity contribution in [3.63, 3.8) is 0 Å². The molecule has 1 aromatic rings. The minimum absolute atomic E-state index is 0.115. The second-order valence-corrected chi connectivity index (χ2v) is 5.26. The maximum Gasteiger partial charge on any atom is 0.328 e. The lowest BCUT2D eigenvalue weighted by Gasteiger charge is -2.22. The largest absolute Gasteiger partial charge is 0.467 e. The highest BCUT2D eigenvalue weighted by Gasteiger charge is 2.39. The summed E-state index contributed by atoms with van der Waals surface area (Å²) in [4.78, 5) is 25.4. The van der Waals surface area contributed by atoms with E-state index >= 15 is 0 Å². The maximum absolute atomic E-state index is 12.4. The highest BCUT2D eigenvalue weighted by Crippen LogP contribution is 2.24. The van der Waals surface area contributed by atoms with Gasteiger partial charge in [-0.2, -0.15) is 0 Å². The van der Waals surface area contributed by atoms with Crippen LogP contribution in [-0.2, 0) is 9.53 Å². The Morgan fingerprint density at radius 2 is 2.15 bits per heavy atom. The summed E-state index contributed by atoms with van der Waals surface area (Å²) in [5, 5.41) is 10.2. The highest BCUT2D eigenvalue weighted by molar-refractivity contribution is 6.31. The zero-order chi connectivity index (χ0) is 14.9. The molecule has 108 valence electrons. The number of nitrogens with zero attached hydrogens (tertiary/aromatic N) is 1. The number of β-amino-alcohol motifs (C(OH)–C–C–N with tert-alkyl or cyclic N) is 1. The van der Waals surface area contributed by atoms with Crippen LogP contribution in [0.2, 0.25) is 5.02 Å². The van der Waals surface area contributed by atoms with Gasteiger partial charge < -0.3 is 14.7 Å². The summed E-state index contributed by atoms with van der Waals surface area (Å²) in [6, 6.07) is 4.22. The summed E-state index contributed by atoms with van der Waals surface area (Å²) in [7, 11) is 1.26. The maximum atomic E-state index is 12.4. The van der Waals surface area contributed by atoms with Gasteiger partial charge in [0.1, 0.15) is 6.04 Å². The fraction of sp³-hybridized carbons (Fsp3) is 0.429. The molecule has 6 heteroatoms. The third kappa shape index (κ3) is 2.78. The second kappa shape index (κ2) is 5.81. The Labute approximate surface area is 122 Å². The van der Waals surface area contributed by atoms with Crippen molar-refractivity contribution in [1.82, 2.24) is 4.90 Å². The number of ether oxygens (including phenoxy) is 1. The predicted octanol–water partition coefficient (Wildman–Crippen LogP) is 1.40. The summed E-state index contributed by atoms with van der Waals surface area (Å²) in [6.07, 6.45) is -0.526. The fourth-order valence-corrected chi connectivity index (χ4v) is 2.47. The molecule has 1 heterocycles. The molecule has 1 aliphatic heterocycles. The van der Waals surface area contributed by atoms with Crippen molar-refractivity contribution >= 4 is 23.5 Å². The van der Waals surface area contributed by atoms with Crippen molar-refractivity contribution in [3.05, 3.63) is 34.3 Å². The smallest absolute Gasteiger partial charge is 0.328 e. The van der Waals surface area contributed by atoms with Crippen LogP contribution in [0.1, 0.15) is 22.3 Å². The summed E-state index contributed by atoms with van der Waals surface area (Å²) in [6.45, 7) is 1.96. The van der Waals surface area contributed by atoms with E-state index < -0.39 is 18.1 Å². The first kappa shape index (κ1) is 14.8. The fourth-order valence-electron chi connectivity index (χ4n) is 2.29. The van der Waals surface area contributed by atoms with Crippen LogP contribution in [0.4, 0.5) is 0 Å². The molecule has 1 fully saturated rings. The Bertz CT molecular complexity index is 546. The average molecular weight is 298 g/mol. The van der Waals surface area contributed by atoms with Gasteiger partial charge in [-0.1, -0.05) is 17.7 Å². The molecule has 2 atom stereocenters. The number of hydrogen-bond donors (Lipinski definition) is 1. The normalized spacial score (nSPS) is 21.9. The van der Waals surface area contributed by atoms with E-state index in [1.165, 1.54) is 12.0 Å². The molecule has 1 saturated heterocycles. The molecule has 0 aromatic heterocycles. The Balaban J connectivity index is 2.26. The molecule has 2 rings (SSSR count). The van der Waals surface area contributed by atoms with E-state index in [4.69, 9.17) is 11.6 Å². The number of aliphatic hydroxyl groups excluding tert-OH is 1. The Morgan fingerprint density at radius 1 is 1.45 bits per heavy atom. The number of methoxy groups -OCH3 is 1. The van der Waals surface area contributed by atoms with Gasteiger partial charge in [0.2, 0.25) is 0 Å². The van der Waals surface area contributed by atoms with Gasteiger partial charge >= 0.3 is 5.97 Å². The molecule has 0 bridgehead atoms. The number of carbonyl (C=O) groups excluding carboxylic acids is 2. The zero-order valence-electron chi connectivity index (χ0n) is 11.3. The van der Waals surface area contributed by atoms with Crippen LogP contribution < -0.4 is 0 Å². The average Bonchev–Trinajstić information content (AvgIpc) is 2.82. The number of amides is 1. The van der Waals surface area contributed by atoms with Gasteiger partial charge in [-0.15, -0.1) is 0 Å². The highest BCUT2D eigenvalue weighted by atomic mass is 35.5. The zero-order valence-corrected chi connectivity index (χ0v) is 12.1. The number of hydrogen-bond acceptors (Lipinski definition) is 4. The molecule has 2 unspecified atom stereocenters. The molecule has 1 amide bonds. The molecule has 0 saturated carbocycles. The molecule has 5 nitrogen and oxygen atoms in total. The molecule has 0 spiro atoms. The van der Waals surface area contributed by atoms with Gasteiger partial charge in [-0.25, -0.2) is 4.79 Å². The van der Waals surface area contributed by atoms with Crippen LogP contribution >= 0.6 is 11.6 Å².